The third-order valence-electron chi connectivity index (χ3n) is 6.13. The molecule has 3 heterocycles. The van der Waals surface area contributed by atoms with E-state index in [1.165, 1.54) is 18.6 Å². The van der Waals surface area contributed by atoms with Crippen LogP contribution in [0.3, 0.4) is 0 Å². The molecular weight excluding hydrogens is 502 g/mol. The van der Waals surface area contributed by atoms with Gasteiger partial charge in [0.2, 0.25) is 5.88 Å². The lowest BCUT2D eigenvalue weighted by atomic mass is 9.92. The number of aromatic nitrogens is 3. The van der Waals surface area contributed by atoms with Crippen molar-refractivity contribution in [2.24, 2.45) is 5.92 Å². The Hall–Kier alpha value is -3.59. The Bertz CT molecular complexity index is 1420. The van der Waals surface area contributed by atoms with Crippen LogP contribution in [0.15, 0.2) is 65.4 Å². The molecule has 3 aliphatic rings. The van der Waals surface area contributed by atoms with Crippen molar-refractivity contribution in [2.45, 2.75) is 38.9 Å². The third kappa shape index (κ3) is 5.13. The minimum atomic E-state index is -0.655. The van der Waals surface area contributed by atoms with Gasteiger partial charge in [-0.15, -0.1) is 0 Å². The van der Waals surface area contributed by atoms with E-state index in [2.05, 4.69) is 15.0 Å². The molecule has 5 rings (SSSR count). The van der Waals surface area contributed by atoms with Crippen molar-refractivity contribution >= 4 is 34.2 Å². The van der Waals surface area contributed by atoms with E-state index in [4.69, 9.17) is 21.1 Å². The van der Waals surface area contributed by atoms with Gasteiger partial charge in [0, 0.05) is 30.7 Å². The first-order valence-electron chi connectivity index (χ1n) is 11.9. The van der Waals surface area contributed by atoms with Gasteiger partial charge in [-0.3, -0.25) is 4.98 Å². The Morgan fingerprint density at radius 1 is 1.16 bits per heavy atom. The van der Waals surface area contributed by atoms with Crippen LogP contribution in [0.5, 0.6) is 5.88 Å². The number of pyridine rings is 1. The molecule has 2 aliphatic carbocycles. The molecule has 0 aromatic carbocycles. The molecule has 1 fully saturated rings. The summed E-state index contributed by atoms with van der Waals surface area (Å²) in [6.45, 7) is 6.23. The minimum Gasteiger partial charge on any atom is -0.472 e. The molecule has 0 spiro atoms. The Balaban J connectivity index is 1.40. The van der Waals surface area contributed by atoms with Gasteiger partial charge in [-0.1, -0.05) is 42.0 Å². The van der Waals surface area contributed by atoms with Crippen LogP contribution in [0.2, 0.25) is 0 Å². The number of rotatable bonds is 3. The number of nitrogens with zero attached hydrogens (tertiary/aromatic N) is 4. The summed E-state index contributed by atoms with van der Waals surface area (Å²) in [4.78, 5) is 26.6. The number of hydrogen-bond acceptors (Lipinski definition) is 6. The first-order valence-corrected chi connectivity index (χ1v) is 12.3. The highest BCUT2D eigenvalue weighted by atomic mass is 35.5. The first-order chi connectivity index (χ1) is 17.6. The number of halogens is 3. The van der Waals surface area contributed by atoms with Crippen molar-refractivity contribution in [3.8, 4) is 5.88 Å². The quantitative estimate of drug-likeness (QED) is 0.485. The molecule has 1 aliphatic heterocycles. The number of amides is 1. The zero-order chi connectivity index (χ0) is 26.3. The first kappa shape index (κ1) is 25.1. The molecule has 7 nitrogen and oxygen atoms in total. The Morgan fingerprint density at radius 3 is 2.76 bits per heavy atom. The Kier molecular flexibility index (Phi) is 6.58. The molecule has 2 unspecified atom stereocenters. The second-order valence-electron chi connectivity index (χ2n) is 9.97. The van der Waals surface area contributed by atoms with E-state index in [0.29, 0.717) is 30.5 Å². The summed E-state index contributed by atoms with van der Waals surface area (Å²) in [5.74, 6) is -1.55. The van der Waals surface area contributed by atoms with E-state index in [1.54, 1.807) is 35.3 Å². The van der Waals surface area contributed by atoms with Gasteiger partial charge in [0.15, 0.2) is 5.82 Å². The van der Waals surface area contributed by atoms with Crippen LogP contribution in [0.1, 0.15) is 32.9 Å². The second-order valence-corrected chi connectivity index (χ2v) is 10.4. The van der Waals surface area contributed by atoms with Crippen LogP contribution in [-0.4, -0.2) is 50.7 Å². The minimum absolute atomic E-state index is 0.0335. The maximum Gasteiger partial charge on any atom is 0.410 e. The summed E-state index contributed by atoms with van der Waals surface area (Å²) < 4.78 is 41.3. The summed E-state index contributed by atoms with van der Waals surface area (Å²) in [6, 6.07) is 0. The van der Waals surface area contributed by atoms with Gasteiger partial charge >= 0.3 is 6.09 Å². The highest BCUT2D eigenvalue weighted by Gasteiger charge is 2.32. The average molecular weight is 527 g/mol. The smallest absolute Gasteiger partial charge is 0.410 e. The van der Waals surface area contributed by atoms with Crippen LogP contribution < -0.4 is 4.74 Å². The van der Waals surface area contributed by atoms with Crippen LogP contribution >= 0.6 is 11.6 Å². The summed E-state index contributed by atoms with van der Waals surface area (Å²) in [6.07, 6.45) is 12.4. The zero-order valence-electron chi connectivity index (χ0n) is 20.5. The fraction of sp³-hybridized carbons (Fsp3) is 0.333. The maximum atomic E-state index is 15.7. The van der Waals surface area contributed by atoms with Crippen LogP contribution in [0.4, 0.5) is 13.6 Å². The Morgan fingerprint density at radius 2 is 1.97 bits per heavy atom. The van der Waals surface area contributed by atoms with E-state index >= 15 is 4.39 Å². The molecule has 2 aromatic rings. The van der Waals surface area contributed by atoms with E-state index in [9.17, 15) is 9.18 Å². The van der Waals surface area contributed by atoms with Crippen LogP contribution in [0, 0.1) is 11.7 Å². The van der Waals surface area contributed by atoms with Gasteiger partial charge in [0.05, 0.1) is 17.0 Å². The number of ether oxygens (including phenoxy) is 2. The second kappa shape index (κ2) is 9.70. The number of allylic oxidation sites excluding steroid dienone is 10. The number of fused-ring (bicyclic) bond motifs is 2. The Labute approximate surface area is 217 Å². The van der Waals surface area contributed by atoms with Gasteiger partial charge in [-0.05, 0) is 32.4 Å². The predicted octanol–water partition coefficient (Wildman–Crippen LogP) is 6.04. The van der Waals surface area contributed by atoms with E-state index in [1.807, 2.05) is 20.8 Å². The normalized spacial score (nSPS) is 21.5. The van der Waals surface area contributed by atoms with Crippen molar-refractivity contribution in [3.63, 3.8) is 0 Å². The topological polar surface area (TPSA) is 77.4 Å². The maximum absolute atomic E-state index is 15.7. The van der Waals surface area contributed by atoms with E-state index < -0.39 is 29.3 Å². The monoisotopic (exact) mass is 526 g/mol. The van der Waals surface area contributed by atoms with Crippen LogP contribution in [0.25, 0.3) is 16.5 Å². The molecule has 192 valence electrons. The van der Waals surface area contributed by atoms with E-state index in [-0.39, 0.29) is 28.2 Å². The fourth-order valence-electron chi connectivity index (χ4n) is 4.37. The highest BCUT2D eigenvalue weighted by molar-refractivity contribution is 6.31. The van der Waals surface area contributed by atoms with Gasteiger partial charge < -0.3 is 14.4 Å². The summed E-state index contributed by atoms with van der Waals surface area (Å²) in [5, 5.41) is 0.340. The van der Waals surface area contributed by atoms with Gasteiger partial charge in [0.1, 0.15) is 35.1 Å². The molecule has 37 heavy (non-hydrogen) atoms. The summed E-state index contributed by atoms with van der Waals surface area (Å²) in [5.41, 5.74) is 0.734. The van der Waals surface area contributed by atoms with Crippen molar-refractivity contribution in [3.05, 3.63) is 76.9 Å². The summed E-state index contributed by atoms with van der Waals surface area (Å²) in [7, 11) is 0. The molecule has 0 N–H and O–H groups in total. The largest absolute Gasteiger partial charge is 0.472 e. The average Bonchev–Trinajstić information content (AvgIpc) is 3.20. The predicted molar refractivity (Wildman–Crippen MR) is 136 cm³/mol. The number of carbonyl (C=O) groups excluding carboxylic acids is 1. The summed E-state index contributed by atoms with van der Waals surface area (Å²) >= 11 is 6.22. The lowest BCUT2D eigenvalue weighted by Crippen LogP contribution is -2.36. The molecule has 0 saturated carbocycles. The lowest BCUT2D eigenvalue weighted by molar-refractivity contribution is 0.0275. The molecule has 1 amide bonds. The lowest BCUT2D eigenvalue weighted by Gasteiger charge is -2.24. The van der Waals surface area contributed by atoms with E-state index in [0.717, 1.165) is 5.57 Å². The molecule has 2 atom stereocenters. The van der Waals surface area contributed by atoms with Crippen molar-refractivity contribution in [1.29, 1.82) is 0 Å². The number of carbonyl (C=O) groups is 1. The molecule has 0 radical (unpaired) electrons. The highest BCUT2D eigenvalue weighted by Crippen LogP contribution is 2.38. The van der Waals surface area contributed by atoms with Gasteiger partial charge in [-0.25, -0.2) is 23.5 Å². The molecule has 10 heteroatoms. The molecule has 2 aromatic heterocycles. The molecule has 1 saturated heterocycles. The van der Waals surface area contributed by atoms with Gasteiger partial charge in [-0.2, -0.15) is 0 Å². The standard InChI is InChI=1S/C27H25ClF2N4O3/c1-27(2,3)37-26(35)34-10-9-17(13-34)36-25-19-12-31-23(22(30)24(19)32-14-33-25)16-6-4-5-15-7-8-20(29)21(28)18(15)11-16/h4-8,11-12,14,17-18H,9-10,13H2,1-3H3. The van der Waals surface area contributed by atoms with Crippen molar-refractivity contribution in [2.75, 3.05) is 13.1 Å². The molecular formula is C27H25ClF2N4O3. The van der Waals surface area contributed by atoms with Crippen molar-refractivity contribution in [1.82, 2.24) is 19.9 Å². The number of hydrogen-bond donors (Lipinski definition) is 0. The number of likely N-dealkylation sites (tertiary alicyclic amines) is 1. The SMILES string of the molecule is CC(C)(C)OC(=O)N1CCC(Oc2ncnc3c(F)c(C4=CC5C(=CC=C4)C=CC(F)=C5Cl)ncc23)C1. The third-order valence-corrected chi connectivity index (χ3v) is 6.54. The van der Waals surface area contributed by atoms with Crippen LogP contribution in [-0.2, 0) is 4.74 Å². The van der Waals surface area contributed by atoms with Crippen molar-refractivity contribution < 1.29 is 23.0 Å². The molecule has 0 bridgehead atoms. The fourth-order valence-corrected chi connectivity index (χ4v) is 4.62. The zero-order valence-corrected chi connectivity index (χ0v) is 21.3. The van der Waals surface area contributed by atoms with Gasteiger partial charge in [0.25, 0.3) is 0 Å².